The van der Waals surface area contributed by atoms with Crippen molar-refractivity contribution in [3.8, 4) is 11.5 Å². The van der Waals surface area contributed by atoms with Crippen LogP contribution in [0.3, 0.4) is 0 Å². The summed E-state index contributed by atoms with van der Waals surface area (Å²) in [7, 11) is -3.59. The van der Waals surface area contributed by atoms with Crippen molar-refractivity contribution in [2.24, 2.45) is 0 Å². The summed E-state index contributed by atoms with van der Waals surface area (Å²) in [4.78, 5) is 4.34. The standard InChI is InChI=1S/C20H22ClF2N3O4S/c21-15-4-1-5-16(14-15)31(27,28)24-8-3-9-25-10-12-26(13-11-25)17-6-2-7-18-19(17)30-20(22,23)29-18/h1-2,4-7,14,24H,3,8-13H2. The maximum atomic E-state index is 13.4. The van der Waals surface area contributed by atoms with Crippen LogP contribution in [-0.4, -0.2) is 58.9 Å². The second kappa shape index (κ2) is 8.78. The molecule has 0 bridgehead atoms. The highest BCUT2D eigenvalue weighted by molar-refractivity contribution is 7.89. The Kier molecular flexibility index (Phi) is 6.25. The van der Waals surface area contributed by atoms with Crippen LogP contribution in [-0.2, 0) is 10.0 Å². The molecule has 168 valence electrons. The zero-order chi connectivity index (χ0) is 22.1. The molecule has 2 aliphatic heterocycles. The van der Waals surface area contributed by atoms with Gasteiger partial charge in [0.1, 0.15) is 0 Å². The number of ether oxygens (including phenoxy) is 2. The van der Waals surface area contributed by atoms with E-state index in [9.17, 15) is 17.2 Å². The third kappa shape index (κ3) is 5.20. The van der Waals surface area contributed by atoms with Gasteiger partial charge in [0.25, 0.3) is 0 Å². The zero-order valence-corrected chi connectivity index (χ0v) is 18.1. The summed E-state index contributed by atoms with van der Waals surface area (Å²) in [5.41, 5.74) is 0.587. The van der Waals surface area contributed by atoms with E-state index in [0.29, 0.717) is 36.8 Å². The fraction of sp³-hybridized carbons (Fsp3) is 0.400. The number of halogens is 3. The molecular formula is C20H22ClF2N3O4S. The average Bonchev–Trinajstić information content (AvgIpc) is 3.05. The predicted molar refractivity (Wildman–Crippen MR) is 113 cm³/mol. The van der Waals surface area contributed by atoms with Gasteiger partial charge in [0.2, 0.25) is 10.0 Å². The lowest BCUT2D eigenvalue weighted by molar-refractivity contribution is -0.286. The summed E-state index contributed by atoms with van der Waals surface area (Å²) in [6.45, 7) is 3.75. The number of fused-ring (bicyclic) bond motifs is 1. The second-order valence-corrected chi connectivity index (χ2v) is 9.51. The number of nitrogens with one attached hydrogen (secondary N) is 1. The van der Waals surface area contributed by atoms with Crippen LogP contribution in [0.25, 0.3) is 0 Å². The molecule has 2 heterocycles. The van der Waals surface area contributed by atoms with Gasteiger partial charge in [-0.25, -0.2) is 13.1 Å². The smallest absolute Gasteiger partial charge is 0.395 e. The van der Waals surface area contributed by atoms with E-state index in [0.717, 1.165) is 19.6 Å². The molecule has 2 aromatic rings. The molecule has 1 N–H and O–H groups in total. The normalized spacial score (nSPS) is 18.4. The molecule has 31 heavy (non-hydrogen) atoms. The maximum Gasteiger partial charge on any atom is 0.586 e. The van der Waals surface area contributed by atoms with Crippen LogP contribution in [0.4, 0.5) is 14.5 Å². The number of alkyl halides is 2. The van der Waals surface area contributed by atoms with E-state index in [2.05, 4.69) is 19.1 Å². The third-order valence-electron chi connectivity index (χ3n) is 5.17. The monoisotopic (exact) mass is 473 g/mol. The minimum atomic E-state index is -3.64. The molecule has 2 aromatic carbocycles. The van der Waals surface area contributed by atoms with Gasteiger partial charge in [-0.2, -0.15) is 0 Å². The van der Waals surface area contributed by atoms with Gasteiger partial charge in [0.15, 0.2) is 11.5 Å². The number of benzene rings is 2. The Hall–Kier alpha value is -2.14. The van der Waals surface area contributed by atoms with Crippen LogP contribution in [0, 0.1) is 0 Å². The lowest BCUT2D eigenvalue weighted by atomic mass is 10.2. The Bertz CT molecular complexity index is 1050. The Morgan fingerprint density at radius 1 is 1.06 bits per heavy atom. The summed E-state index contributed by atoms with van der Waals surface area (Å²) in [6.07, 6.45) is -3.00. The first-order valence-corrected chi connectivity index (χ1v) is 11.7. The number of sulfonamides is 1. The van der Waals surface area contributed by atoms with Crippen LogP contribution in [0.1, 0.15) is 6.42 Å². The van der Waals surface area contributed by atoms with Gasteiger partial charge in [-0.3, -0.25) is 4.90 Å². The molecule has 1 saturated heterocycles. The van der Waals surface area contributed by atoms with E-state index in [1.54, 1.807) is 24.3 Å². The highest BCUT2D eigenvalue weighted by atomic mass is 35.5. The number of anilines is 1. The van der Waals surface area contributed by atoms with Gasteiger partial charge in [-0.1, -0.05) is 23.7 Å². The Balaban J connectivity index is 1.24. The van der Waals surface area contributed by atoms with Crippen molar-refractivity contribution in [2.45, 2.75) is 17.6 Å². The quantitative estimate of drug-likeness (QED) is 0.623. The van der Waals surface area contributed by atoms with E-state index in [1.807, 2.05) is 4.90 Å². The number of piperazine rings is 1. The van der Waals surface area contributed by atoms with Gasteiger partial charge < -0.3 is 14.4 Å². The number of nitrogens with zero attached hydrogens (tertiary/aromatic N) is 2. The third-order valence-corrected chi connectivity index (χ3v) is 6.86. The molecule has 0 spiro atoms. The molecule has 11 heteroatoms. The first-order valence-electron chi connectivity index (χ1n) is 9.85. The van der Waals surface area contributed by atoms with Gasteiger partial charge >= 0.3 is 6.29 Å². The van der Waals surface area contributed by atoms with Crippen molar-refractivity contribution < 1.29 is 26.7 Å². The summed E-state index contributed by atoms with van der Waals surface area (Å²) in [5.74, 6) is 0.105. The minimum absolute atomic E-state index is 0.0388. The summed E-state index contributed by atoms with van der Waals surface area (Å²) in [5, 5.41) is 0.366. The van der Waals surface area contributed by atoms with Crippen molar-refractivity contribution in [3.63, 3.8) is 0 Å². The van der Waals surface area contributed by atoms with Crippen LogP contribution in [0.15, 0.2) is 47.4 Å². The average molecular weight is 474 g/mol. The fourth-order valence-corrected chi connectivity index (χ4v) is 5.02. The highest BCUT2D eigenvalue weighted by Gasteiger charge is 2.45. The van der Waals surface area contributed by atoms with E-state index in [-0.39, 0.29) is 16.4 Å². The number of para-hydroxylation sites is 1. The lowest BCUT2D eigenvalue weighted by Crippen LogP contribution is -2.47. The molecule has 0 aromatic heterocycles. The van der Waals surface area contributed by atoms with Gasteiger partial charge in [0.05, 0.1) is 10.6 Å². The van der Waals surface area contributed by atoms with Crippen molar-refractivity contribution >= 4 is 27.3 Å². The fourth-order valence-electron chi connectivity index (χ4n) is 3.64. The molecule has 4 rings (SSSR count). The van der Waals surface area contributed by atoms with Crippen molar-refractivity contribution in [2.75, 3.05) is 44.2 Å². The molecular weight excluding hydrogens is 452 g/mol. The second-order valence-electron chi connectivity index (χ2n) is 7.31. The largest absolute Gasteiger partial charge is 0.586 e. The zero-order valence-electron chi connectivity index (χ0n) is 16.6. The summed E-state index contributed by atoms with van der Waals surface area (Å²) < 4.78 is 63.2. The summed E-state index contributed by atoms with van der Waals surface area (Å²) in [6, 6.07) is 11.0. The molecule has 7 nitrogen and oxygen atoms in total. The SMILES string of the molecule is O=S(=O)(NCCCN1CCN(c2cccc3c2OC(F)(F)O3)CC1)c1cccc(Cl)c1. The van der Waals surface area contributed by atoms with Crippen molar-refractivity contribution in [1.29, 1.82) is 0 Å². The van der Waals surface area contributed by atoms with Crippen LogP contribution >= 0.6 is 11.6 Å². The maximum absolute atomic E-state index is 13.4. The Morgan fingerprint density at radius 3 is 2.55 bits per heavy atom. The molecule has 0 aliphatic carbocycles. The topological polar surface area (TPSA) is 71.1 Å². The van der Waals surface area contributed by atoms with E-state index in [4.69, 9.17) is 11.6 Å². The Labute approximate surface area is 184 Å². The molecule has 0 saturated carbocycles. The molecule has 2 aliphatic rings. The van der Waals surface area contributed by atoms with Crippen LogP contribution in [0.2, 0.25) is 5.02 Å². The van der Waals surface area contributed by atoms with Gasteiger partial charge in [0, 0.05) is 37.7 Å². The highest BCUT2D eigenvalue weighted by Crippen LogP contribution is 2.47. The number of rotatable bonds is 7. The molecule has 0 radical (unpaired) electrons. The predicted octanol–water partition coefficient (Wildman–Crippen LogP) is 3.15. The molecule has 1 fully saturated rings. The number of hydrogen-bond donors (Lipinski definition) is 1. The van der Waals surface area contributed by atoms with Gasteiger partial charge in [-0.15, -0.1) is 8.78 Å². The summed E-state index contributed by atoms with van der Waals surface area (Å²) >= 11 is 5.86. The van der Waals surface area contributed by atoms with Gasteiger partial charge in [-0.05, 0) is 43.3 Å². The molecule has 0 unspecified atom stereocenters. The van der Waals surface area contributed by atoms with Crippen LogP contribution in [0.5, 0.6) is 11.5 Å². The minimum Gasteiger partial charge on any atom is -0.395 e. The Morgan fingerprint density at radius 2 is 1.81 bits per heavy atom. The van der Waals surface area contributed by atoms with E-state index < -0.39 is 16.3 Å². The van der Waals surface area contributed by atoms with E-state index in [1.165, 1.54) is 18.2 Å². The molecule has 0 atom stereocenters. The van der Waals surface area contributed by atoms with Crippen molar-refractivity contribution in [1.82, 2.24) is 9.62 Å². The first kappa shape index (κ1) is 22.1. The van der Waals surface area contributed by atoms with Crippen LogP contribution < -0.4 is 19.1 Å². The number of hydrogen-bond acceptors (Lipinski definition) is 6. The first-order chi connectivity index (χ1) is 14.7. The van der Waals surface area contributed by atoms with E-state index >= 15 is 0 Å². The van der Waals surface area contributed by atoms with Crippen molar-refractivity contribution in [3.05, 3.63) is 47.5 Å². The lowest BCUT2D eigenvalue weighted by Gasteiger charge is -2.36. The molecule has 0 amide bonds.